The van der Waals surface area contributed by atoms with Gasteiger partial charge < -0.3 is 4.57 Å². The highest BCUT2D eigenvalue weighted by Crippen LogP contribution is 2.24. The van der Waals surface area contributed by atoms with E-state index in [0.29, 0.717) is 0 Å². The lowest BCUT2D eigenvalue weighted by molar-refractivity contribution is 0.112. The van der Waals surface area contributed by atoms with Crippen molar-refractivity contribution in [2.24, 2.45) is 7.05 Å². The van der Waals surface area contributed by atoms with Gasteiger partial charge in [-0.1, -0.05) is 44.9 Å². The second kappa shape index (κ2) is 6.32. The lowest BCUT2D eigenvalue weighted by Crippen LogP contribution is -2.29. The number of fused-ring (bicyclic) bond motifs is 1. The topological polar surface area (TPSA) is 22.0 Å². The molecule has 2 nitrogen and oxygen atoms in total. The van der Waals surface area contributed by atoms with E-state index in [1.165, 1.54) is 18.1 Å². The van der Waals surface area contributed by atoms with E-state index in [2.05, 4.69) is 32.2 Å². The van der Waals surface area contributed by atoms with Crippen molar-refractivity contribution in [2.45, 2.75) is 38.9 Å². The van der Waals surface area contributed by atoms with Crippen LogP contribution >= 0.6 is 0 Å². The highest BCUT2D eigenvalue weighted by Gasteiger charge is 2.24. The minimum atomic E-state index is -1.50. The Morgan fingerprint density at radius 1 is 1.14 bits per heavy atom. The fourth-order valence-electron chi connectivity index (χ4n) is 2.90. The molecule has 0 amide bonds. The number of hydrogen-bond donors (Lipinski definition) is 0. The van der Waals surface area contributed by atoms with Gasteiger partial charge in [0.25, 0.3) is 0 Å². The molecule has 0 unspecified atom stereocenters. The van der Waals surface area contributed by atoms with Crippen LogP contribution in [0.1, 0.15) is 36.8 Å². The summed E-state index contributed by atoms with van der Waals surface area (Å²) in [4.78, 5) is 11.5. The number of para-hydroxylation sites is 1. The summed E-state index contributed by atoms with van der Waals surface area (Å²) in [6.45, 7) is 6.74. The van der Waals surface area contributed by atoms with Crippen LogP contribution in [0.3, 0.4) is 0 Å². The third kappa shape index (κ3) is 2.68. The predicted molar refractivity (Wildman–Crippen MR) is 92.4 cm³/mol. The van der Waals surface area contributed by atoms with Gasteiger partial charge in [-0.2, -0.15) is 0 Å². The molecule has 1 aromatic carbocycles. The molecule has 2 aromatic rings. The SMILES string of the molecule is CC[Si](C#Cc1c(C=O)c2ccccc2n1C)(CC)CC. The van der Waals surface area contributed by atoms with Crippen LogP contribution in [0.2, 0.25) is 18.1 Å². The van der Waals surface area contributed by atoms with Crippen molar-refractivity contribution >= 4 is 25.3 Å². The van der Waals surface area contributed by atoms with Crippen LogP contribution in [-0.4, -0.2) is 18.9 Å². The second-order valence-corrected chi connectivity index (χ2v) is 10.5. The van der Waals surface area contributed by atoms with Crippen molar-refractivity contribution in [3.05, 3.63) is 35.5 Å². The van der Waals surface area contributed by atoms with E-state index < -0.39 is 8.07 Å². The molecule has 0 N–H and O–H groups in total. The molecule has 0 aliphatic heterocycles. The normalized spacial score (nSPS) is 11.2. The molecule has 0 aliphatic rings. The van der Waals surface area contributed by atoms with Gasteiger partial charge >= 0.3 is 0 Å². The maximum atomic E-state index is 11.5. The minimum absolute atomic E-state index is 0.729. The Hall–Kier alpha value is -1.79. The van der Waals surface area contributed by atoms with Crippen molar-refractivity contribution in [1.82, 2.24) is 4.57 Å². The van der Waals surface area contributed by atoms with Crippen molar-refractivity contribution in [3.63, 3.8) is 0 Å². The summed E-state index contributed by atoms with van der Waals surface area (Å²) in [5.41, 5.74) is 6.24. The van der Waals surface area contributed by atoms with Gasteiger partial charge in [-0.3, -0.25) is 4.79 Å². The van der Waals surface area contributed by atoms with E-state index in [0.717, 1.165) is 28.4 Å². The van der Waals surface area contributed by atoms with E-state index in [4.69, 9.17) is 0 Å². The maximum absolute atomic E-state index is 11.5. The number of hydrogen-bond acceptors (Lipinski definition) is 1. The molecule has 0 bridgehead atoms. The molecule has 110 valence electrons. The molecule has 0 saturated heterocycles. The monoisotopic (exact) mass is 297 g/mol. The lowest BCUT2D eigenvalue weighted by Gasteiger charge is -2.20. The van der Waals surface area contributed by atoms with Crippen LogP contribution in [0.15, 0.2) is 24.3 Å². The number of carbonyl (C=O) groups excluding carboxylic acids is 1. The number of aromatic nitrogens is 1. The van der Waals surface area contributed by atoms with Crippen LogP contribution in [-0.2, 0) is 7.05 Å². The Morgan fingerprint density at radius 2 is 1.76 bits per heavy atom. The van der Waals surface area contributed by atoms with E-state index in [-0.39, 0.29) is 0 Å². The van der Waals surface area contributed by atoms with Gasteiger partial charge in [0.05, 0.1) is 5.56 Å². The molecule has 0 saturated carbocycles. The second-order valence-electron chi connectivity index (χ2n) is 5.55. The summed E-state index contributed by atoms with van der Waals surface area (Å²) in [7, 11) is 0.494. The highest BCUT2D eigenvalue weighted by atomic mass is 28.3. The molecule has 0 radical (unpaired) electrons. The number of carbonyl (C=O) groups is 1. The zero-order valence-electron chi connectivity index (χ0n) is 13.4. The van der Waals surface area contributed by atoms with Gasteiger partial charge in [0.15, 0.2) is 6.29 Å². The first kappa shape index (κ1) is 15.6. The number of nitrogens with zero attached hydrogens (tertiary/aromatic N) is 1. The van der Waals surface area contributed by atoms with Crippen molar-refractivity contribution < 1.29 is 4.79 Å². The van der Waals surface area contributed by atoms with Gasteiger partial charge in [-0.05, 0) is 24.2 Å². The fraction of sp³-hybridized carbons (Fsp3) is 0.389. The molecule has 21 heavy (non-hydrogen) atoms. The first-order valence-electron chi connectivity index (χ1n) is 7.68. The summed E-state index contributed by atoms with van der Waals surface area (Å²) < 4.78 is 2.05. The molecule has 1 aromatic heterocycles. The smallest absolute Gasteiger partial charge is 0.153 e. The van der Waals surface area contributed by atoms with Gasteiger partial charge in [-0.25, -0.2) is 0 Å². The van der Waals surface area contributed by atoms with E-state index in [1.54, 1.807) is 0 Å². The number of rotatable bonds is 4. The number of aldehydes is 1. The number of aryl methyl sites for hydroxylation is 1. The van der Waals surface area contributed by atoms with Crippen LogP contribution < -0.4 is 0 Å². The average Bonchev–Trinajstić information content (AvgIpc) is 2.82. The molecular weight excluding hydrogens is 274 g/mol. The Bertz CT molecular complexity index is 706. The van der Waals surface area contributed by atoms with Crippen LogP contribution in [0.4, 0.5) is 0 Å². The Balaban J connectivity index is 2.63. The minimum Gasteiger partial charge on any atom is -0.337 e. The molecule has 0 atom stereocenters. The zero-order valence-corrected chi connectivity index (χ0v) is 14.4. The van der Waals surface area contributed by atoms with Crippen LogP contribution in [0.5, 0.6) is 0 Å². The van der Waals surface area contributed by atoms with E-state index in [1.807, 2.05) is 35.9 Å². The first-order chi connectivity index (χ1) is 10.1. The summed E-state index contributed by atoms with van der Waals surface area (Å²) in [6, 6.07) is 11.5. The largest absolute Gasteiger partial charge is 0.337 e. The van der Waals surface area contributed by atoms with Gasteiger partial charge in [0, 0.05) is 18.0 Å². The Kier molecular flexibility index (Phi) is 4.69. The molecule has 0 aliphatic carbocycles. The van der Waals surface area contributed by atoms with Crippen LogP contribution in [0.25, 0.3) is 10.9 Å². The van der Waals surface area contributed by atoms with Crippen molar-refractivity contribution in [2.75, 3.05) is 0 Å². The highest BCUT2D eigenvalue weighted by molar-refractivity contribution is 6.87. The lowest BCUT2D eigenvalue weighted by atomic mass is 10.1. The number of benzene rings is 1. The maximum Gasteiger partial charge on any atom is 0.153 e. The Labute approximate surface area is 128 Å². The van der Waals surface area contributed by atoms with Crippen LogP contribution in [0, 0.1) is 11.5 Å². The summed E-state index contributed by atoms with van der Waals surface area (Å²) in [5, 5.41) is 0.996. The molecule has 0 fully saturated rings. The van der Waals surface area contributed by atoms with Crippen molar-refractivity contribution in [3.8, 4) is 11.5 Å². The summed E-state index contributed by atoms with van der Waals surface area (Å²) >= 11 is 0. The van der Waals surface area contributed by atoms with Gasteiger partial charge in [-0.15, -0.1) is 5.54 Å². The van der Waals surface area contributed by atoms with E-state index >= 15 is 0 Å². The molecule has 0 spiro atoms. The molecule has 1 heterocycles. The third-order valence-corrected chi connectivity index (χ3v) is 9.46. The Morgan fingerprint density at radius 3 is 2.33 bits per heavy atom. The molecule has 2 rings (SSSR count). The quantitative estimate of drug-likeness (QED) is 0.466. The predicted octanol–water partition coefficient (Wildman–Crippen LogP) is 4.39. The van der Waals surface area contributed by atoms with Gasteiger partial charge in [0.1, 0.15) is 13.8 Å². The third-order valence-electron chi connectivity index (χ3n) is 4.74. The average molecular weight is 297 g/mol. The molecular formula is C18H23NOSi. The zero-order chi connectivity index (χ0) is 15.5. The van der Waals surface area contributed by atoms with Gasteiger partial charge in [0.2, 0.25) is 0 Å². The first-order valence-corrected chi connectivity index (χ1v) is 10.3. The fourth-order valence-corrected chi connectivity index (χ4v) is 5.31. The van der Waals surface area contributed by atoms with Crippen molar-refractivity contribution in [1.29, 1.82) is 0 Å². The summed E-state index contributed by atoms with van der Waals surface area (Å²) in [5.74, 6) is 3.36. The van der Waals surface area contributed by atoms with E-state index in [9.17, 15) is 4.79 Å². The molecule has 3 heteroatoms. The summed E-state index contributed by atoms with van der Waals surface area (Å²) in [6.07, 6.45) is 0.944. The standard InChI is InChI=1S/C18H23NOSi/c1-5-21(6-2,7-3)13-12-18-16(14-20)15-10-8-9-11-17(15)19(18)4/h8-11,14H,5-7H2,1-4H3.